The van der Waals surface area contributed by atoms with Gasteiger partial charge >= 0.3 is 5.97 Å². The molecule has 11 rings (SSSR count). The summed E-state index contributed by atoms with van der Waals surface area (Å²) in [7, 11) is 1.63. The van der Waals surface area contributed by atoms with Crippen LogP contribution in [0.2, 0.25) is 0 Å². The quantitative estimate of drug-likeness (QED) is 0.106. The Labute approximate surface area is 372 Å². The number of rotatable bonds is 13. The van der Waals surface area contributed by atoms with E-state index in [1.165, 1.54) is 12.0 Å². The Bertz CT molecular complexity index is 2710. The number of aromatic nitrogens is 6. The highest BCUT2D eigenvalue weighted by atomic mass is 32.1. The number of methoxy groups -OCH3 is 1. The molecule has 0 amide bonds. The van der Waals surface area contributed by atoms with Crippen LogP contribution in [-0.4, -0.2) is 73.5 Å². The van der Waals surface area contributed by atoms with Crippen LogP contribution < -0.4 is 15.0 Å². The molecule has 0 saturated heterocycles. The van der Waals surface area contributed by atoms with Crippen LogP contribution in [0.3, 0.4) is 0 Å². The number of pyridine rings is 1. The summed E-state index contributed by atoms with van der Waals surface area (Å²) in [4.78, 5) is 26.3. The Morgan fingerprint density at radius 1 is 0.921 bits per heavy atom. The first-order valence-electron chi connectivity index (χ1n) is 22.1. The molecule has 2 unspecified atom stereocenters. The van der Waals surface area contributed by atoms with Crippen molar-refractivity contribution in [2.45, 2.75) is 105 Å². The fraction of sp³-hybridized carbons (Fsp3) is 0.469. The van der Waals surface area contributed by atoms with E-state index in [1.807, 2.05) is 48.7 Å². The fourth-order valence-corrected chi connectivity index (χ4v) is 13.6. The SMILES string of the molecule is COc1ccc(COC(=O)c2nc(N3CCCc4c3nnc(Nc3nc5ccc(C)cc5s3)c4C)ccc2-c2cnn(CC34CC5(C)CC(C)(C3)CC(OCCO)(C5)C4)c2C)cc1. The number of carbonyl (C=O) groups excluding carboxylic acids is 1. The number of ether oxygens (including phenoxy) is 3. The average molecular weight is 869 g/mol. The summed E-state index contributed by atoms with van der Waals surface area (Å²) < 4.78 is 21.2. The maximum atomic E-state index is 14.4. The maximum Gasteiger partial charge on any atom is 0.358 e. The van der Waals surface area contributed by atoms with Gasteiger partial charge in [0, 0.05) is 41.0 Å². The number of aryl methyl sites for hydroxylation is 1. The Morgan fingerprint density at radius 3 is 2.48 bits per heavy atom. The van der Waals surface area contributed by atoms with Crippen LogP contribution in [0.25, 0.3) is 21.3 Å². The Hall–Kier alpha value is -5.44. The lowest BCUT2D eigenvalue weighted by molar-refractivity contribution is -0.250. The first-order chi connectivity index (χ1) is 30.3. The number of benzene rings is 2. The molecular weight excluding hydrogens is 813 g/mol. The molecule has 1 aliphatic heterocycles. The van der Waals surface area contributed by atoms with E-state index in [2.05, 4.69) is 66.7 Å². The van der Waals surface area contributed by atoms with Gasteiger partial charge in [0.05, 0.1) is 42.3 Å². The summed E-state index contributed by atoms with van der Waals surface area (Å²) >= 11 is 1.60. The van der Waals surface area contributed by atoms with E-state index in [0.717, 1.165) is 106 Å². The van der Waals surface area contributed by atoms with Crippen LogP contribution in [0.4, 0.5) is 22.6 Å². The Kier molecular flexibility index (Phi) is 10.3. The van der Waals surface area contributed by atoms with Gasteiger partial charge in [-0.25, -0.2) is 14.8 Å². The zero-order valence-electron chi connectivity index (χ0n) is 37.1. The predicted octanol–water partition coefficient (Wildman–Crippen LogP) is 9.59. The highest BCUT2D eigenvalue weighted by Gasteiger charge is 2.66. The fourth-order valence-electron chi connectivity index (χ4n) is 12.6. The predicted molar refractivity (Wildman–Crippen MR) is 244 cm³/mol. The third kappa shape index (κ3) is 7.73. The number of hydrogen-bond donors (Lipinski definition) is 2. The molecular formula is C49H56N8O5S. The molecule has 2 N–H and O–H groups in total. The summed E-state index contributed by atoms with van der Waals surface area (Å²) in [5.74, 6) is 2.21. The normalized spacial score (nSPS) is 24.8. The highest BCUT2D eigenvalue weighted by Crippen LogP contribution is 2.72. The van der Waals surface area contributed by atoms with Crippen LogP contribution in [0.15, 0.2) is 60.8 Å². The number of aliphatic hydroxyl groups is 1. The topological polar surface area (TPSA) is 150 Å². The molecule has 6 aromatic rings. The largest absolute Gasteiger partial charge is 0.497 e. The summed E-state index contributed by atoms with van der Waals surface area (Å²) in [6.07, 6.45) is 10.0. The molecule has 5 aliphatic rings. The lowest BCUT2D eigenvalue weighted by Gasteiger charge is -2.69. The summed E-state index contributed by atoms with van der Waals surface area (Å²) in [6, 6.07) is 17.7. The smallest absolute Gasteiger partial charge is 0.358 e. The molecule has 4 aliphatic carbocycles. The third-order valence-corrected chi connectivity index (χ3v) is 15.0. The number of nitrogens with one attached hydrogen (secondary N) is 1. The standard InChI is InChI=1S/C49H56N8O5S/c1-30-9-15-38-39(20-30)63-45(51-38)53-42-31(2)35-8-7-17-56(43(35)55-54-42)40-16-14-36(41(52-40)44(59)61-22-33-10-12-34(60-6)13-11-33)37-21-50-57(32(37)3)29-48-24-46(4)23-47(5,25-48)27-49(26-46,28-48)62-19-18-58/h9-16,20-21,58H,7-8,17-19,22-29H2,1-6H3,(H,51,53,54). The van der Waals surface area contributed by atoms with Crippen molar-refractivity contribution in [1.29, 1.82) is 0 Å². The van der Waals surface area contributed by atoms with Crippen molar-refractivity contribution in [3.63, 3.8) is 0 Å². The van der Waals surface area contributed by atoms with Crippen molar-refractivity contribution in [3.8, 4) is 16.9 Å². The van der Waals surface area contributed by atoms with E-state index in [4.69, 9.17) is 34.4 Å². The van der Waals surface area contributed by atoms with Crippen LogP contribution in [-0.2, 0) is 29.0 Å². The molecule has 14 heteroatoms. The van der Waals surface area contributed by atoms with Crippen molar-refractivity contribution in [2.75, 3.05) is 37.1 Å². The van der Waals surface area contributed by atoms with E-state index in [0.29, 0.717) is 30.4 Å². The number of aliphatic hydroxyl groups excluding tert-OH is 1. The number of esters is 1. The molecule has 5 heterocycles. The average Bonchev–Trinajstić information content (AvgIpc) is 3.82. The number of carbonyl (C=O) groups is 1. The number of thiazole rings is 1. The summed E-state index contributed by atoms with van der Waals surface area (Å²) in [5.41, 5.74) is 7.89. The molecule has 328 valence electrons. The van der Waals surface area contributed by atoms with Crippen LogP contribution in [0, 0.1) is 37.0 Å². The van der Waals surface area contributed by atoms with E-state index in [9.17, 15) is 9.90 Å². The molecule has 0 radical (unpaired) electrons. The minimum Gasteiger partial charge on any atom is -0.497 e. The van der Waals surface area contributed by atoms with Crippen molar-refractivity contribution in [3.05, 3.63) is 94.4 Å². The lowest BCUT2D eigenvalue weighted by atomic mass is 9.39. The van der Waals surface area contributed by atoms with E-state index in [1.54, 1.807) is 18.4 Å². The van der Waals surface area contributed by atoms with Gasteiger partial charge in [0.15, 0.2) is 22.5 Å². The molecule has 4 bridgehead atoms. The van der Waals surface area contributed by atoms with Gasteiger partial charge in [-0.2, -0.15) is 5.10 Å². The first-order valence-corrected chi connectivity index (χ1v) is 23.0. The molecule has 13 nitrogen and oxygen atoms in total. The zero-order chi connectivity index (χ0) is 43.7. The summed E-state index contributed by atoms with van der Waals surface area (Å²) in [5, 5.41) is 28.4. The van der Waals surface area contributed by atoms with Crippen LogP contribution in [0.1, 0.15) is 97.2 Å². The van der Waals surface area contributed by atoms with Gasteiger partial charge in [-0.3, -0.25) is 4.68 Å². The molecule has 2 atom stereocenters. The number of nitrogens with zero attached hydrogens (tertiary/aromatic N) is 7. The molecule has 4 fully saturated rings. The van der Waals surface area contributed by atoms with E-state index < -0.39 is 5.97 Å². The zero-order valence-corrected chi connectivity index (χ0v) is 37.9. The second kappa shape index (κ2) is 15.7. The van der Waals surface area contributed by atoms with E-state index >= 15 is 0 Å². The van der Waals surface area contributed by atoms with Gasteiger partial charge in [0.25, 0.3) is 0 Å². The maximum absolute atomic E-state index is 14.4. The van der Waals surface area contributed by atoms with Crippen LogP contribution in [0.5, 0.6) is 5.75 Å². The first kappa shape index (κ1) is 41.6. The van der Waals surface area contributed by atoms with Gasteiger partial charge in [0.1, 0.15) is 18.2 Å². The van der Waals surface area contributed by atoms with E-state index in [-0.39, 0.29) is 40.8 Å². The highest BCUT2D eigenvalue weighted by molar-refractivity contribution is 7.22. The monoisotopic (exact) mass is 868 g/mol. The molecule has 0 spiro atoms. The Balaban J connectivity index is 0.971. The van der Waals surface area contributed by atoms with Gasteiger partial charge in [-0.15, -0.1) is 10.2 Å². The molecule has 4 aromatic heterocycles. The van der Waals surface area contributed by atoms with Crippen molar-refractivity contribution in [2.24, 2.45) is 16.2 Å². The second-order valence-electron chi connectivity index (χ2n) is 19.6. The summed E-state index contributed by atoms with van der Waals surface area (Å²) in [6.45, 7) is 13.0. The van der Waals surface area contributed by atoms with Gasteiger partial charge in [-0.05, 0) is 136 Å². The molecule has 4 saturated carbocycles. The minimum atomic E-state index is -0.523. The van der Waals surface area contributed by atoms with Crippen LogP contribution >= 0.6 is 11.3 Å². The van der Waals surface area contributed by atoms with Gasteiger partial charge < -0.3 is 29.5 Å². The lowest BCUT2D eigenvalue weighted by Crippen LogP contribution is -2.64. The van der Waals surface area contributed by atoms with Crippen molar-refractivity contribution in [1.82, 2.24) is 29.9 Å². The van der Waals surface area contributed by atoms with Gasteiger partial charge in [-0.1, -0.05) is 43.4 Å². The second-order valence-corrected chi connectivity index (χ2v) is 20.6. The van der Waals surface area contributed by atoms with Crippen molar-refractivity contribution < 1.29 is 24.1 Å². The molecule has 63 heavy (non-hydrogen) atoms. The number of fused-ring (bicyclic) bond motifs is 2. The number of anilines is 4. The van der Waals surface area contributed by atoms with Gasteiger partial charge in [0.2, 0.25) is 0 Å². The Morgan fingerprint density at radius 2 is 1.71 bits per heavy atom. The molecule has 2 aromatic carbocycles. The third-order valence-electron chi connectivity index (χ3n) is 14.1. The van der Waals surface area contributed by atoms with Crippen molar-refractivity contribution >= 4 is 50.1 Å². The number of hydrogen-bond acceptors (Lipinski definition) is 13. The minimum absolute atomic E-state index is 0.00765.